The van der Waals surface area contributed by atoms with Crippen LogP contribution < -0.4 is 10.1 Å². The van der Waals surface area contributed by atoms with E-state index in [1.54, 1.807) is 26.0 Å². The molecule has 5 heteroatoms. The Labute approximate surface area is 112 Å². The Morgan fingerprint density at radius 3 is 2.53 bits per heavy atom. The van der Waals surface area contributed by atoms with Gasteiger partial charge in [-0.05, 0) is 38.5 Å². The summed E-state index contributed by atoms with van der Waals surface area (Å²) in [6.07, 6.45) is 0. The fraction of sp³-hybridized carbons (Fsp3) is 0.500. The SMILES string of the molecule is COC(=O)C(C)(C)NC(C)c1ccc(F)c(OC)c1. The summed E-state index contributed by atoms with van der Waals surface area (Å²) < 4.78 is 23.0. The van der Waals surface area contributed by atoms with E-state index in [1.165, 1.54) is 20.3 Å². The van der Waals surface area contributed by atoms with Gasteiger partial charge in [0.05, 0.1) is 14.2 Å². The van der Waals surface area contributed by atoms with E-state index in [0.717, 1.165) is 5.56 Å². The standard InChI is InChI=1S/C14H20FNO3/c1-9(16-14(2,3)13(17)19-5)10-6-7-11(15)12(8-10)18-4/h6-9,16H,1-5H3. The lowest BCUT2D eigenvalue weighted by Crippen LogP contribution is -2.48. The van der Waals surface area contributed by atoms with Crippen LogP contribution in [0, 0.1) is 5.82 Å². The van der Waals surface area contributed by atoms with Gasteiger partial charge in [-0.15, -0.1) is 0 Å². The minimum atomic E-state index is -0.824. The Morgan fingerprint density at radius 2 is 2.00 bits per heavy atom. The predicted molar refractivity (Wildman–Crippen MR) is 70.6 cm³/mol. The summed E-state index contributed by atoms with van der Waals surface area (Å²) in [5.74, 6) is -0.582. The molecule has 1 aromatic carbocycles. The first-order valence-corrected chi connectivity index (χ1v) is 6.01. The zero-order valence-electron chi connectivity index (χ0n) is 11.9. The average Bonchev–Trinajstić information content (AvgIpc) is 2.37. The molecule has 0 aliphatic rings. The molecule has 0 amide bonds. The highest BCUT2D eigenvalue weighted by atomic mass is 19.1. The van der Waals surface area contributed by atoms with Crippen molar-refractivity contribution in [2.75, 3.05) is 14.2 Å². The van der Waals surface area contributed by atoms with E-state index in [0.29, 0.717) is 0 Å². The normalized spacial score (nSPS) is 12.9. The Kier molecular flexibility index (Phi) is 4.89. The van der Waals surface area contributed by atoms with Crippen LogP contribution >= 0.6 is 0 Å². The molecule has 0 aliphatic heterocycles. The van der Waals surface area contributed by atoms with Gasteiger partial charge < -0.3 is 9.47 Å². The van der Waals surface area contributed by atoms with Crippen molar-refractivity contribution in [3.63, 3.8) is 0 Å². The third-order valence-corrected chi connectivity index (χ3v) is 2.95. The van der Waals surface area contributed by atoms with Gasteiger partial charge in [-0.3, -0.25) is 10.1 Å². The number of hydrogen-bond acceptors (Lipinski definition) is 4. The van der Waals surface area contributed by atoms with Crippen LogP contribution in [-0.2, 0) is 9.53 Å². The Balaban J connectivity index is 2.89. The van der Waals surface area contributed by atoms with Gasteiger partial charge in [-0.25, -0.2) is 4.39 Å². The van der Waals surface area contributed by atoms with Gasteiger partial charge in [-0.1, -0.05) is 6.07 Å². The first-order valence-electron chi connectivity index (χ1n) is 6.01. The molecule has 106 valence electrons. The molecule has 1 unspecified atom stereocenters. The molecule has 0 saturated carbocycles. The summed E-state index contributed by atoms with van der Waals surface area (Å²) in [6, 6.07) is 4.46. The van der Waals surface area contributed by atoms with E-state index in [2.05, 4.69) is 5.32 Å². The molecule has 0 aliphatic carbocycles. The average molecular weight is 269 g/mol. The Bertz CT molecular complexity index is 460. The second-order valence-electron chi connectivity index (χ2n) is 4.88. The maximum atomic E-state index is 13.3. The minimum Gasteiger partial charge on any atom is -0.494 e. The van der Waals surface area contributed by atoms with Crippen molar-refractivity contribution in [2.45, 2.75) is 32.4 Å². The van der Waals surface area contributed by atoms with Gasteiger partial charge in [0.1, 0.15) is 5.54 Å². The van der Waals surface area contributed by atoms with Crippen molar-refractivity contribution in [3.8, 4) is 5.75 Å². The quantitative estimate of drug-likeness (QED) is 0.834. The molecule has 4 nitrogen and oxygen atoms in total. The lowest BCUT2D eigenvalue weighted by molar-refractivity contribution is -0.147. The van der Waals surface area contributed by atoms with Crippen LogP contribution in [-0.4, -0.2) is 25.7 Å². The third kappa shape index (κ3) is 3.67. The molecular formula is C14H20FNO3. The summed E-state index contributed by atoms with van der Waals surface area (Å²) in [5.41, 5.74) is 0.00529. The number of carbonyl (C=O) groups excluding carboxylic acids is 1. The van der Waals surface area contributed by atoms with Crippen LogP contribution in [0.4, 0.5) is 4.39 Å². The minimum absolute atomic E-state index is 0.149. The maximum Gasteiger partial charge on any atom is 0.325 e. The smallest absolute Gasteiger partial charge is 0.325 e. The molecule has 0 saturated heterocycles. The summed E-state index contributed by atoms with van der Waals surface area (Å²) in [5, 5.41) is 3.14. The molecule has 0 spiro atoms. The number of esters is 1. The predicted octanol–water partition coefficient (Wildman–Crippen LogP) is 2.44. The van der Waals surface area contributed by atoms with Gasteiger partial charge in [0.2, 0.25) is 0 Å². The zero-order chi connectivity index (χ0) is 14.6. The molecule has 0 aromatic heterocycles. The molecule has 19 heavy (non-hydrogen) atoms. The molecule has 1 N–H and O–H groups in total. The van der Waals surface area contributed by atoms with Crippen molar-refractivity contribution < 1.29 is 18.7 Å². The molecule has 0 fully saturated rings. The Morgan fingerprint density at radius 1 is 1.37 bits per heavy atom. The van der Waals surface area contributed by atoms with E-state index in [4.69, 9.17) is 9.47 Å². The molecule has 1 rings (SSSR count). The van der Waals surface area contributed by atoms with E-state index < -0.39 is 11.4 Å². The molecule has 0 heterocycles. The summed E-state index contributed by atoms with van der Waals surface area (Å²) >= 11 is 0. The second-order valence-corrected chi connectivity index (χ2v) is 4.88. The summed E-state index contributed by atoms with van der Waals surface area (Å²) in [6.45, 7) is 5.35. The largest absolute Gasteiger partial charge is 0.494 e. The van der Waals surface area contributed by atoms with Crippen molar-refractivity contribution in [1.29, 1.82) is 0 Å². The first-order chi connectivity index (χ1) is 8.81. The second kappa shape index (κ2) is 6.02. The van der Waals surface area contributed by atoms with Crippen molar-refractivity contribution >= 4 is 5.97 Å². The number of nitrogens with one attached hydrogen (secondary N) is 1. The van der Waals surface area contributed by atoms with E-state index in [9.17, 15) is 9.18 Å². The zero-order valence-corrected chi connectivity index (χ0v) is 11.9. The number of rotatable bonds is 5. The van der Waals surface area contributed by atoms with Crippen molar-refractivity contribution in [2.24, 2.45) is 0 Å². The van der Waals surface area contributed by atoms with E-state index in [-0.39, 0.29) is 17.8 Å². The fourth-order valence-corrected chi connectivity index (χ4v) is 1.88. The highest BCUT2D eigenvalue weighted by molar-refractivity contribution is 5.79. The fourth-order valence-electron chi connectivity index (χ4n) is 1.88. The van der Waals surface area contributed by atoms with Gasteiger partial charge >= 0.3 is 5.97 Å². The lowest BCUT2D eigenvalue weighted by atomic mass is 10.0. The highest BCUT2D eigenvalue weighted by Gasteiger charge is 2.30. The van der Waals surface area contributed by atoms with E-state index >= 15 is 0 Å². The number of methoxy groups -OCH3 is 2. The van der Waals surface area contributed by atoms with Gasteiger partial charge in [0.15, 0.2) is 11.6 Å². The van der Waals surface area contributed by atoms with Gasteiger partial charge in [0.25, 0.3) is 0 Å². The monoisotopic (exact) mass is 269 g/mol. The van der Waals surface area contributed by atoms with Crippen LogP contribution in [0.2, 0.25) is 0 Å². The van der Waals surface area contributed by atoms with Crippen LogP contribution in [0.15, 0.2) is 18.2 Å². The first kappa shape index (κ1) is 15.4. The molecule has 0 radical (unpaired) electrons. The molecule has 0 bridgehead atoms. The molecule has 1 aromatic rings. The number of hydrogen-bond donors (Lipinski definition) is 1. The summed E-state index contributed by atoms with van der Waals surface area (Å²) in [4.78, 5) is 11.6. The van der Waals surface area contributed by atoms with Gasteiger partial charge in [0, 0.05) is 6.04 Å². The molecular weight excluding hydrogens is 249 g/mol. The highest BCUT2D eigenvalue weighted by Crippen LogP contribution is 2.24. The van der Waals surface area contributed by atoms with Crippen LogP contribution in [0.3, 0.4) is 0 Å². The third-order valence-electron chi connectivity index (χ3n) is 2.95. The number of ether oxygens (including phenoxy) is 2. The van der Waals surface area contributed by atoms with Crippen molar-refractivity contribution in [3.05, 3.63) is 29.6 Å². The molecule has 1 atom stereocenters. The maximum absolute atomic E-state index is 13.3. The van der Waals surface area contributed by atoms with Crippen LogP contribution in [0.25, 0.3) is 0 Å². The van der Waals surface area contributed by atoms with Crippen LogP contribution in [0.1, 0.15) is 32.4 Å². The van der Waals surface area contributed by atoms with E-state index in [1.807, 2.05) is 6.92 Å². The number of halogens is 1. The van der Waals surface area contributed by atoms with Gasteiger partial charge in [-0.2, -0.15) is 0 Å². The topological polar surface area (TPSA) is 47.6 Å². The van der Waals surface area contributed by atoms with Crippen molar-refractivity contribution in [1.82, 2.24) is 5.32 Å². The summed E-state index contributed by atoms with van der Waals surface area (Å²) in [7, 11) is 2.76. The lowest BCUT2D eigenvalue weighted by Gasteiger charge is -2.28. The Hall–Kier alpha value is -1.62. The van der Waals surface area contributed by atoms with Crippen LogP contribution in [0.5, 0.6) is 5.75 Å². The number of carbonyl (C=O) groups is 1. The number of benzene rings is 1.